The van der Waals surface area contributed by atoms with Gasteiger partial charge in [0.05, 0.1) is 23.5 Å². The minimum atomic E-state index is -4.68. The van der Waals surface area contributed by atoms with E-state index in [9.17, 15) is 37.1 Å². The minimum absolute atomic E-state index is 0.0630. The van der Waals surface area contributed by atoms with Crippen molar-refractivity contribution < 1.29 is 41.8 Å². The number of carbonyl (C=O) groups excluding carboxylic acids is 4. The van der Waals surface area contributed by atoms with E-state index in [0.29, 0.717) is 16.2 Å². The number of carbonyl (C=O) groups is 4. The Balaban J connectivity index is 1.60. The van der Waals surface area contributed by atoms with Crippen molar-refractivity contribution in [2.75, 3.05) is 12.4 Å². The number of anilines is 1. The Hall–Kier alpha value is -5.03. The van der Waals surface area contributed by atoms with Gasteiger partial charge in [0, 0.05) is 47.2 Å². The van der Waals surface area contributed by atoms with Crippen LogP contribution in [0.4, 0.5) is 23.9 Å². The SMILES string of the molecule is C=CC(C)Nc1nc2c(c(=O)n1-c1ccc(C(=O)N(C)C(=O)OC(C)OC(=O)C(N)C(C)C)cc1)CC(C)N(C(=O)c1ccc(Br)c(C(F)(F)F)c1)C2. The third-order valence-electron chi connectivity index (χ3n) is 8.59. The Bertz CT molecular complexity index is 1970. The molecule has 3 aromatic rings. The Morgan fingerprint density at radius 3 is 2.28 bits per heavy atom. The van der Waals surface area contributed by atoms with Crippen LogP contribution in [-0.4, -0.2) is 74.7 Å². The van der Waals surface area contributed by atoms with Crippen LogP contribution in [-0.2, 0) is 33.4 Å². The number of halogens is 4. The molecule has 3 amide bonds. The van der Waals surface area contributed by atoms with Crippen LogP contribution in [0, 0.1) is 5.92 Å². The first-order chi connectivity index (χ1) is 24.7. The van der Waals surface area contributed by atoms with E-state index in [1.807, 2.05) is 0 Å². The van der Waals surface area contributed by atoms with Gasteiger partial charge in [0.1, 0.15) is 6.04 Å². The number of aromatic nitrogens is 2. The molecule has 53 heavy (non-hydrogen) atoms. The van der Waals surface area contributed by atoms with Gasteiger partial charge in [-0.15, -0.1) is 6.58 Å². The van der Waals surface area contributed by atoms with E-state index in [4.69, 9.17) is 15.2 Å². The number of amides is 3. The molecule has 0 saturated heterocycles. The second-order valence-corrected chi connectivity index (χ2v) is 13.8. The number of benzene rings is 2. The highest BCUT2D eigenvalue weighted by Gasteiger charge is 2.36. The second-order valence-electron chi connectivity index (χ2n) is 12.9. The number of ether oxygens (including phenoxy) is 2. The maximum atomic E-state index is 14.1. The smallest absolute Gasteiger partial charge is 0.419 e. The zero-order valence-electron chi connectivity index (χ0n) is 29.9. The molecule has 4 unspecified atom stereocenters. The van der Waals surface area contributed by atoms with Gasteiger partial charge in [-0.05, 0) is 68.7 Å². The first kappa shape index (κ1) is 40.7. The Kier molecular flexibility index (Phi) is 12.5. The van der Waals surface area contributed by atoms with Gasteiger partial charge in [0.25, 0.3) is 17.4 Å². The van der Waals surface area contributed by atoms with E-state index in [1.165, 1.54) is 59.8 Å². The highest BCUT2D eigenvalue weighted by atomic mass is 79.9. The highest BCUT2D eigenvalue weighted by Crippen LogP contribution is 2.36. The lowest BCUT2D eigenvalue weighted by Gasteiger charge is -2.35. The normalized spacial score (nSPS) is 15.8. The molecule has 0 aliphatic carbocycles. The molecule has 2 heterocycles. The summed E-state index contributed by atoms with van der Waals surface area (Å²) >= 11 is 2.90. The Labute approximate surface area is 312 Å². The fourth-order valence-corrected chi connectivity index (χ4v) is 5.83. The van der Waals surface area contributed by atoms with Crippen LogP contribution in [0.2, 0.25) is 0 Å². The van der Waals surface area contributed by atoms with Gasteiger partial charge in [-0.1, -0.05) is 35.9 Å². The molecule has 1 aliphatic heterocycles. The topological polar surface area (TPSA) is 166 Å². The van der Waals surface area contributed by atoms with E-state index in [0.717, 1.165) is 6.07 Å². The molecule has 1 aromatic heterocycles. The van der Waals surface area contributed by atoms with Crippen molar-refractivity contribution >= 4 is 45.8 Å². The lowest BCUT2D eigenvalue weighted by atomic mass is 9.98. The summed E-state index contributed by atoms with van der Waals surface area (Å²) in [4.78, 5) is 72.3. The van der Waals surface area contributed by atoms with Crippen molar-refractivity contribution in [3.63, 3.8) is 0 Å². The second kappa shape index (κ2) is 16.3. The molecule has 4 atom stereocenters. The zero-order chi connectivity index (χ0) is 39.5. The monoisotopic (exact) mass is 804 g/mol. The van der Waals surface area contributed by atoms with Crippen LogP contribution in [0.5, 0.6) is 0 Å². The van der Waals surface area contributed by atoms with Gasteiger partial charge in [-0.25, -0.2) is 19.2 Å². The largest absolute Gasteiger partial charge is 0.424 e. The van der Waals surface area contributed by atoms with Gasteiger partial charge >= 0.3 is 18.2 Å². The van der Waals surface area contributed by atoms with E-state index in [1.54, 1.807) is 33.8 Å². The number of rotatable bonds is 10. The third-order valence-corrected chi connectivity index (χ3v) is 9.29. The van der Waals surface area contributed by atoms with Crippen molar-refractivity contribution in [3.05, 3.63) is 97.9 Å². The number of alkyl halides is 3. The summed E-state index contributed by atoms with van der Waals surface area (Å²) in [5, 5.41) is 3.10. The average Bonchev–Trinajstić information content (AvgIpc) is 3.10. The van der Waals surface area contributed by atoms with Crippen LogP contribution in [0.15, 0.2) is 64.4 Å². The van der Waals surface area contributed by atoms with Crippen LogP contribution >= 0.6 is 15.9 Å². The molecule has 1 aliphatic rings. The van der Waals surface area contributed by atoms with E-state index in [2.05, 4.69) is 32.8 Å². The number of imide groups is 1. The molecule has 284 valence electrons. The molecule has 17 heteroatoms. The van der Waals surface area contributed by atoms with Gasteiger partial charge in [-0.2, -0.15) is 13.2 Å². The fraction of sp³-hybridized carbons (Fsp3) is 0.389. The van der Waals surface area contributed by atoms with Crippen molar-refractivity contribution in [1.82, 2.24) is 19.4 Å². The van der Waals surface area contributed by atoms with Crippen LogP contribution in [0.25, 0.3) is 5.69 Å². The van der Waals surface area contributed by atoms with Gasteiger partial charge in [0.2, 0.25) is 12.2 Å². The summed E-state index contributed by atoms with van der Waals surface area (Å²) in [6.45, 7) is 11.8. The number of fused-ring (bicyclic) bond motifs is 1. The maximum Gasteiger partial charge on any atom is 0.419 e. The van der Waals surface area contributed by atoms with E-state index in [-0.39, 0.29) is 52.2 Å². The van der Waals surface area contributed by atoms with Gasteiger partial charge in [-0.3, -0.25) is 19.2 Å². The molecular weight excluding hydrogens is 765 g/mol. The van der Waals surface area contributed by atoms with Crippen LogP contribution < -0.4 is 16.6 Å². The predicted octanol–water partition coefficient (Wildman–Crippen LogP) is 5.67. The van der Waals surface area contributed by atoms with Crippen LogP contribution in [0.1, 0.15) is 72.2 Å². The number of hydrogen-bond donors (Lipinski definition) is 2. The lowest BCUT2D eigenvalue weighted by molar-refractivity contribution is -0.168. The summed E-state index contributed by atoms with van der Waals surface area (Å²) in [7, 11) is 1.19. The maximum absolute atomic E-state index is 14.1. The minimum Gasteiger partial charge on any atom is -0.424 e. The summed E-state index contributed by atoms with van der Waals surface area (Å²) < 4.78 is 52.0. The number of esters is 1. The molecule has 0 saturated carbocycles. The van der Waals surface area contributed by atoms with Crippen molar-refractivity contribution in [2.24, 2.45) is 11.7 Å². The fourth-order valence-electron chi connectivity index (χ4n) is 5.36. The molecule has 2 aromatic carbocycles. The summed E-state index contributed by atoms with van der Waals surface area (Å²) in [5.74, 6) is -2.29. The first-order valence-electron chi connectivity index (χ1n) is 16.5. The standard InChI is InChI=1S/C36H40BrF3N6O7/c1-8-19(4)42-34-43-28-17-45(31(48)23-11-14-27(37)26(16-23)36(38,39)40)20(5)15-25(28)32(49)46(34)24-12-9-22(10-13-24)30(47)44(7)35(51)53-21(6)52-33(50)29(41)18(2)3/h8-14,16,18-21,29H,1,15,17,41H2,2-7H3,(H,42,43). The van der Waals surface area contributed by atoms with E-state index < -0.39 is 59.5 Å². The molecule has 13 nitrogen and oxygen atoms in total. The predicted molar refractivity (Wildman–Crippen MR) is 192 cm³/mol. The summed E-state index contributed by atoms with van der Waals surface area (Å²) in [5.41, 5.74) is 5.10. The molecule has 3 N–H and O–H groups in total. The Morgan fingerprint density at radius 1 is 1.08 bits per heavy atom. The van der Waals surface area contributed by atoms with Gasteiger partial charge in [0.15, 0.2) is 0 Å². The van der Waals surface area contributed by atoms with Crippen molar-refractivity contribution in [2.45, 2.75) is 78.2 Å². The molecular formula is C36H40BrF3N6O7. The summed E-state index contributed by atoms with van der Waals surface area (Å²) in [6, 6.07) is 7.14. The molecule has 0 spiro atoms. The quantitative estimate of drug-likeness (QED) is 0.148. The lowest BCUT2D eigenvalue weighted by Crippen LogP contribution is -2.46. The third kappa shape index (κ3) is 9.14. The molecule has 0 radical (unpaired) electrons. The zero-order valence-corrected chi connectivity index (χ0v) is 31.4. The molecule has 0 bridgehead atoms. The summed E-state index contributed by atoms with van der Waals surface area (Å²) in [6.07, 6.45) is -5.44. The van der Waals surface area contributed by atoms with Crippen molar-refractivity contribution in [1.29, 1.82) is 0 Å². The molecule has 4 rings (SSSR count). The molecule has 0 fully saturated rings. The van der Waals surface area contributed by atoms with Gasteiger partial charge < -0.3 is 25.4 Å². The van der Waals surface area contributed by atoms with E-state index >= 15 is 0 Å². The first-order valence-corrected chi connectivity index (χ1v) is 17.3. The van der Waals surface area contributed by atoms with Crippen molar-refractivity contribution in [3.8, 4) is 5.69 Å². The number of nitrogens with one attached hydrogen (secondary N) is 1. The average molecular weight is 806 g/mol. The number of nitrogens with zero attached hydrogens (tertiary/aromatic N) is 4. The van der Waals surface area contributed by atoms with Crippen LogP contribution in [0.3, 0.4) is 0 Å². The number of hydrogen-bond acceptors (Lipinski definition) is 10. The highest BCUT2D eigenvalue weighted by molar-refractivity contribution is 9.10. The number of nitrogens with two attached hydrogens (primary N) is 1. The Morgan fingerprint density at radius 2 is 1.70 bits per heavy atom.